The molecule has 3 heterocycles. The third kappa shape index (κ3) is 4.54. The Morgan fingerprint density at radius 1 is 1.10 bits per heavy atom. The molecule has 0 atom stereocenters. The van der Waals surface area contributed by atoms with Crippen molar-refractivity contribution < 1.29 is 4.74 Å². The predicted octanol–water partition coefficient (Wildman–Crippen LogP) is 4.26. The van der Waals surface area contributed by atoms with Gasteiger partial charge in [0.05, 0.1) is 29.9 Å². The van der Waals surface area contributed by atoms with Gasteiger partial charge in [-0.05, 0) is 41.5 Å². The fourth-order valence-electron chi connectivity index (χ4n) is 3.82. The molecular weight excluding hydrogens is 412 g/mol. The van der Waals surface area contributed by atoms with Crippen LogP contribution in [-0.2, 0) is 18.3 Å². The molecule has 1 N–H and O–H groups in total. The van der Waals surface area contributed by atoms with E-state index >= 15 is 0 Å². The molecule has 4 aromatic rings. The molecule has 7 nitrogen and oxygen atoms in total. The summed E-state index contributed by atoms with van der Waals surface area (Å²) >= 11 is 6.25. The highest BCUT2D eigenvalue weighted by Crippen LogP contribution is 2.28. The lowest BCUT2D eigenvalue weighted by Crippen LogP contribution is -2.35. The van der Waals surface area contributed by atoms with Crippen LogP contribution in [0.4, 0.5) is 11.6 Å². The van der Waals surface area contributed by atoms with Gasteiger partial charge in [0.25, 0.3) is 0 Å². The summed E-state index contributed by atoms with van der Waals surface area (Å²) < 4.78 is 7.30. The number of nitrogens with one attached hydrogen (secondary N) is 1. The van der Waals surface area contributed by atoms with E-state index in [1.807, 2.05) is 42.3 Å². The first-order valence-corrected chi connectivity index (χ1v) is 10.6. The van der Waals surface area contributed by atoms with Crippen molar-refractivity contribution >= 4 is 34.1 Å². The van der Waals surface area contributed by atoms with E-state index < -0.39 is 0 Å². The molecule has 0 aliphatic carbocycles. The minimum Gasteiger partial charge on any atom is -0.379 e. The van der Waals surface area contributed by atoms with Gasteiger partial charge < -0.3 is 10.1 Å². The maximum atomic E-state index is 6.25. The van der Waals surface area contributed by atoms with E-state index in [-0.39, 0.29) is 0 Å². The maximum absolute atomic E-state index is 6.25. The largest absolute Gasteiger partial charge is 0.379 e. The fraction of sp³-hybridized carbons (Fsp3) is 0.261. The van der Waals surface area contributed by atoms with E-state index in [9.17, 15) is 0 Å². The average Bonchev–Trinajstić information content (AvgIpc) is 3.21. The molecule has 0 bridgehead atoms. The van der Waals surface area contributed by atoms with Crippen molar-refractivity contribution in [3.05, 3.63) is 65.6 Å². The van der Waals surface area contributed by atoms with Crippen molar-refractivity contribution in [2.75, 3.05) is 31.6 Å². The smallest absolute Gasteiger partial charge is 0.227 e. The minimum atomic E-state index is 0.537. The van der Waals surface area contributed by atoms with Gasteiger partial charge >= 0.3 is 0 Å². The van der Waals surface area contributed by atoms with Crippen molar-refractivity contribution in [3.63, 3.8) is 0 Å². The zero-order chi connectivity index (χ0) is 21.2. The van der Waals surface area contributed by atoms with E-state index in [1.54, 1.807) is 6.20 Å². The topological polar surface area (TPSA) is 68.1 Å². The van der Waals surface area contributed by atoms with Crippen molar-refractivity contribution in [1.29, 1.82) is 0 Å². The van der Waals surface area contributed by atoms with Crippen molar-refractivity contribution in [2.24, 2.45) is 7.05 Å². The SMILES string of the molecule is Cn1cc(-c2cc(CN3CCOCC3)cc(Nc3ncc4c(Cl)cccc4n3)c2)cn1. The zero-order valence-corrected chi connectivity index (χ0v) is 18.0. The van der Waals surface area contributed by atoms with Gasteiger partial charge in [-0.25, -0.2) is 9.97 Å². The second-order valence-corrected chi connectivity index (χ2v) is 8.11. The van der Waals surface area contributed by atoms with Crippen LogP contribution in [0.25, 0.3) is 22.0 Å². The molecule has 1 saturated heterocycles. The number of hydrogen-bond acceptors (Lipinski definition) is 6. The molecule has 2 aromatic heterocycles. The van der Waals surface area contributed by atoms with Gasteiger partial charge in [0.2, 0.25) is 5.95 Å². The lowest BCUT2D eigenvalue weighted by atomic mass is 10.0. The van der Waals surface area contributed by atoms with Crippen molar-refractivity contribution in [1.82, 2.24) is 24.6 Å². The minimum absolute atomic E-state index is 0.537. The van der Waals surface area contributed by atoms with Crippen LogP contribution >= 0.6 is 11.6 Å². The molecular formula is C23H23ClN6O. The van der Waals surface area contributed by atoms with Crippen LogP contribution in [0.5, 0.6) is 0 Å². The molecule has 0 amide bonds. The van der Waals surface area contributed by atoms with Gasteiger partial charge in [0.15, 0.2) is 0 Å². The molecule has 0 spiro atoms. The van der Waals surface area contributed by atoms with Gasteiger partial charge in [0.1, 0.15) is 0 Å². The molecule has 0 unspecified atom stereocenters. The summed E-state index contributed by atoms with van der Waals surface area (Å²) in [5.41, 5.74) is 5.13. The van der Waals surface area contributed by atoms with E-state index in [0.29, 0.717) is 11.0 Å². The molecule has 31 heavy (non-hydrogen) atoms. The third-order valence-corrected chi connectivity index (χ3v) is 5.70. The standard InChI is InChI=1S/C23H23ClN6O/c1-29-15-18(12-26-29)17-9-16(14-30-5-7-31-8-6-30)10-19(11-17)27-23-25-13-20-21(24)3-2-4-22(20)28-23/h2-4,9-13,15H,5-8,14H2,1H3,(H,25,27,28). The first kappa shape index (κ1) is 19.9. The van der Waals surface area contributed by atoms with Gasteiger partial charge in [0, 0.05) is 55.7 Å². The van der Waals surface area contributed by atoms with Gasteiger partial charge in [-0.2, -0.15) is 5.10 Å². The summed E-state index contributed by atoms with van der Waals surface area (Å²) in [6, 6.07) is 12.1. The van der Waals surface area contributed by atoms with Crippen LogP contribution in [-0.4, -0.2) is 51.0 Å². The Morgan fingerprint density at radius 3 is 2.77 bits per heavy atom. The highest BCUT2D eigenvalue weighted by atomic mass is 35.5. The van der Waals surface area contributed by atoms with Gasteiger partial charge in [-0.1, -0.05) is 17.7 Å². The number of ether oxygens (including phenoxy) is 1. The van der Waals surface area contributed by atoms with E-state index in [4.69, 9.17) is 16.3 Å². The van der Waals surface area contributed by atoms with Crippen LogP contribution in [0.15, 0.2) is 55.0 Å². The van der Waals surface area contributed by atoms with Crippen LogP contribution in [0, 0.1) is 0 Å². The summed E-state index contributed by atoms with van der Waals surface area (Å²) in [7, 11) is 1.92. The van der Waals surface area contributed by atoms with Crippen LogP contribution in [0.1, 0.15) is 5.56 Å². The van der Waals surface area contributed by atoms with Crippen LogP contribution < -0.4 is 5.32 Å². The number of halogens is 1. The summed E-state index contributed by atoms with van der Waals surface area (Å²) in [6.07, 6.45) is 5.66. The fourth-order valence-corrected chi connectivity index (χ4v) is 4.04. The molecule has 158 valence electrons. The Balaban J connectivity index is 1.48. The molecule has 0 saturated carbocycles. The van der Waals surface area contributed by atoms with Crippen molar-refractivity contribution in [3.8, 4) is 11.1 Å². The molecule has 2 aromatic carbocycles. The number of aryl methyl sites for hydroxylation is 1. The molecule has 1 aliphatic heterocycles. The number of anilines is 2. The number of rotatable bonds is 5. The lowest BCUT2D eigenvalue weighted by molar-refractivity contribution is 0.0342. The Bertz CT molecular complexity index is 1220. The van der Waals surface area contributed by atoms with E-state index in [1.165, 1.54) is 5.56 Å². The number of aromatic nitrogens is 4. The van der Waals surface area contributed by atoms with E-state index in [0.717, 1.165) is 60.6 Å². The highest BCUT2D eigenvalue weighted by molar-refractivity contribution is 6.35. The molecule has 1 aliphatic rings. The van der Waals surface area contributed by atoms with Gasteiger partial charge in [-0.3, -0.25) is 9.58 Å². The molecule has 0 radical (unpaired) electrons. The zero-order valence-electron chi connectivity index (χ0n) is 17.3. The quantitative estimate of drug-likeness (QED) is 0.506. The maximum Gasteiger partial charge on any atom is 0.227 e. The Labute approximate surface area is 185 Å². The number of nitrogens with zero attached hydrogens (tertiary/aromatic N) is 5. The Hall–Kier alpha value is -3.00. The Morgan fingerprint density at radius 2 is 1.97 bits per heavy atom. The number of benzene rings is 2. The van der Waals surface area contributed by atoms with E-state index in [2.05, 4.69) is 43.5 Å². The highest BCUT2D eigenvalue weighted by Gasteiger charge is 2.13. The van der Waals surface area contributed by atoms with Crippen LogP contribution in [0.3, 0.4) is 0 Å². The normalized spacial score (nSPS) is 14.8. The average molecular weight is 435 g/mol. The summed E-state index contributed by atoms with van der Waals surface area (Å²) in [4.78, 5) is 11.5. The lowest BCUT2D eigenvalue weighted by Gasteiger charge is -2.27. The first-order valence-electron chi connectivity index (χ1n) is 10.3. The molecule has 5 rings (SSSR count). The Kier molecular flexibility index (Phi) is 5.55. The first-order chi connectivity index (χ1) is 15.1. The number of hydrogen-bond donors (Lipinski definition) is 1. The van der Waals surface area contributed by atoms with Crippen LogP contribution in [0.2, 0.25) is 5.02 Å². The second kappa shape index (κ2) is 8.63. The summed E-state index contributed by atoms with van der Waals surface area (Å²) in [6.45, 7) is 4.30. The monoisotopic (exact) mass is 434 g/mol. The predicted molar refractivity (Wildman–Crippen MR) is 123 cm³/mol. The third-order valence-electron chi connectivity index (χ3n) is 5.37. The summed E-state index contributed by atoms with van der Waals surface area (Å²) in [5, 5.41) is 9.19. The van der Waals surface area contributed by atoms with Gasteiger partial charge in [-0.15, -0.1) is 0 Å². The number of morpholine rings is 1. The number of fused-ring (bicyclic) bond motifs is 1. The van der Waals surface area contributed by atoms with Crippen molar-refractivity contribution in [2.45, 2.75) is 6.54 Å². The molecule has 8 heteroatoms. The summed E-state index contributed by atoms with van der Waals surface area (Å²) in [5.74, 6) is 0.537. The molecule has 1 fully saturated rings. The second-order valence-electron chi connectivity index (χ2n) is 7.70.